The number of fused-ring (bicyclic) bond motifs is 1. The molecule has 25 heavy (non-hydrogen) atoms. The van der Waals surface area contributed by atoms with Crippen LogP contribution in [-0.4, -0.2) is 38.4 Å². The number of H-pyrrole nitrogens is 1. The van der Waals surface area contributed by atoms with E-state index in [1.54, 1.807) is 11.8 Å². The summed E-state index contributed by atoms with van der Waals surface area (Å²) >= 11 is 1.66. The van der Waals surface area contributed by atoms with E-state index >= 15 is 0 Å². The lowest BCUT2D eigenvalue weighted by Crippen LogP contribution is -2.07. The zero-order valence-corrected chi connectivity index (χ0v) is 15.3. The highest BCUT2D eigenvalue weighted by atomic mass is 32.2. The van der Waals surface area contributed by atoms with Gasteiger partial charge in [0.15, 0.2) is 0 Å². The maximum Gasteiger partial charge on any atom is 0.224 e. The monoisotopic (exact) mass is 357 g/mol. The van der Waals surface area contributed by atoms with Crippen molar-refractivity contribution in [3.63, 3.8) is 0 Å². The lowest BCUT2D eigenvalue weighted by atomic mass is 10.1. The summed E-state index contributed by atoms with van der Waals surface area (Å²) in [5, 5.41) is 20.6. The van der Waals surface area contributed by atoms with Crippen LogP contribution < -0.4 is 5.32 Å². The van der Waals surface area contributed by atoms with Crippen molar-refractivity contribution in [3.8, 4) is 0 Å². The van der Waals surface area contributed by atoms with E-state index in [4.69, 9.17) is 5.11 Å². The molecule has 0 saturated heterocycles. The van der Waals surface area contributed by atoms with Gasteiger partial charge in [0.05, 0.1) is 5.69 Å². The van der Waals surface area contributed by atoms with Crippen molar-refractivity contribution in [2.75, 3.05) is 18.5 Å². The molecule has 3 aromatic rings. The van der Waals surface area contributed by atoms with Crippen molar-refractivity contribution in [2.45, 2.75) is 37.0 Å². The number of aromatic amines is 1. The largest absolute Gasteiger partial charge is 0.396 e. The number of aliphatic hydroxyl groups is 1. The topological polar surface area (TPSA) is 86.7 Å². The van der Waals surface area contributed by atoms with Gasteiger partial charge >= 0.3 is 0 Å². The lowest BCUT2D eigenvalue weighted by Gasteiger charge is -2.08. The Bertz CT molecular complexity index is 819. The number of aromatic nitrogens is 4. The molecule has 6 nitrogen and oxygen atoms in total. The van der Waals surface area contributed by atoms with Crippen LogP contribution in [0.2, 0.25) is 0 Å². The van der Waals surface area contributed by atoms with E-state index in [-0.39, 0.29) is 6.61 Å². The number of rotatable bonds is 8. The van der Waals surface area contributed by atoms with Crippen molar-refractivity contribution >= 4 is 28.7 Å². The van der Waals surface area contributed by atoms with Crippen molar-refractivity contribution < 1.29 is 5.11 Å². The maximum atomic E-state index is 8.96. The second-order valence-corrected chi connectivity index (χ2v) is 7.08. The van der Waals surface area contributed by atoms with Crippen LogP contribution in [0.4, 0.5) is 5.95 Å². The predicted octanol–water partition coefficient (Wildman–Crippen LogP) is 3.56. The quantitative estimate of drug-likeness (QED) is 0.325. The number of benzene rings is 1. The highest BCUT2D eigenvalue weighted by molar-refractivity contribution is 7.98. The molecule has 1 aromatic carbocycles. The Balaban J connectivity index is 1.91. The van der Waals surface area contributed by atoms with E-state index in [9.17, 15) is 0 Å². The molecular weight excluding hydrogens is 334 g/mol. The van der Waals surface area contributed by atoms with Gasteiger partial charge in [-0.1, -0.05) is 55.9 Å². The van der Waals surface area contributed by atoms with Gasteiger partial charge in [0.25, 0.3) is 0 Å². The van der Waals surface area contributed by atoms with Crippen LogP contribution >= 0.6 is 11.8 Å². The first kappa shape index (κ1) is 17.7. The summed E-state index contributed by atoms with van der Waals surface area (Å²) in [5.41, 5.74) is 3.95. The highest BCUT2D eigenvalue weighted by Gasteiger charge is 2.17. The summed E-state index contributed by atoms with van der Waals surface area (Å²) in [6.45, 7) is 5.02. The standard InChI is InChI=1S/C18H23N5OS/c1-12(2)14-15-16(23-22-14)17(21-18(20-15)19-9-6-10-24)25-11-13-7-4-3-5-8-13/h3-5,7-8,12,24H,6,9-11H2,1-2H3,(H,22,23)(H,19,20,21). The Morgan fingerprint density at radius 3 is 2.68 bits per heavy atom. The molecule has 0 atom stereocenters. The SMILES string of the molecule is CC(C)c1[nH]nc2c(SCc3ccccc3)nc(NCCCO)nc12. The average molecular weight is 357 g/mol. The van der Waals surface area contributed by atoms with Crippen LogP contribution in [0, 0.1) is 0 Å². The minimum Gasteiger partial charge on any atom is -0.396 e. The highest BCUT2D eigenvalue weighted by Crippen LogP contribution is 2.31. The van der Waals surface area contributed by atoms with Gasteiger partial charge in [-0.3, -0.25) is 5.10 Å². The first-order valence-corrected chi connectivity index (χ1v) is 9.45. The van der Waals surface area contributed by atoms with E-state index in [0.717, 1.165) is 27.5 Å². The van der Waals surface area contributed by atoms with Crippen molar-refractivity contribution in [2.24, 2.45) is 0 Å². The molecule has 3 N–H and O–H groups in total. The van der Waals surface area contributed by atoms with E-state index in [1.165, 1.54) is 5.56 Å². The van der Waals surface area contributed by atoms with E-state index in [0.29, 0.717) is 24.8 Å². The third-order valence-corrected chi connectivity index (χ3v) is 4.84. The average Bonchev–Trinajstić information content (AvgIpc) is 3.05. The van der Waals surface area contributed by atoms with Crippen molar-refractivity contribution in [1.82, 2.24) is 20.2 Å². The molecule has 2 aromatic heterocycles. The molecule has 0 saturated carbocycles. The Morgan fingerprint density at radius 1 is 1.16 bits per heavy atom. The second kappa shape index (κ2) is 8.31. The number of hydrogen-bond acceptors (Lipinski definition) is 6. The first-order valence-electron chi connectivity index (χ1n) is 8.46. The molecule has 0 amide bonds. The lowest BCUT2D eigenvalue weighted by molar-refractivity contribution is 0.292. The van der Waals surface area contributed by atoms with E-state index < -0.39 is 0 Å². The smallest absolute Gasteiger partial charge is 0.224 e. The third-order valence-electron chi connectivity index (χ3n) is 3.81. The molecule has 0 aliphatic rings. The van der Waals surface area contributed by atoms with Gasteiger partial charge in [0, 0.05) is 18.9 Å². The zero-order valence-electron chi connectivity index (χ0n) is 14.5. The molecule has 0 aliphatic heterocycles. The van der Waals surface area contributed by atoms with Gasteiger partial charge in [-0.05, 0) is 17.9 Å². The van der Waals surface area contributed by atoms with Gasteiger partial charge in [0.1, 0.15) is 16.1 Å². The zero-order chi connectivity index (χ0) is 17.6. The molecule has 3 rings (SSSR count). The minimum atomic E-state index is 0.147. The van der Waals surface area contributed by atoms with Crippen molar-refractivity contribution in [3.05, 3.63) is 41.6 Å². The van der Waals surface area contributed by atoms with Crippen LogP contribution in [-0.2, 0) is 5.75 Å². The summed E-state index contributed by atoms with van der Waals surface area (Å²) in [7, 11) is 0. The summed E-state index contributed by atoms with van der Waals surface area (Å²) in [4.78, 5) is 9.27. The summed E-state index contributed by atoms with van der Waals surface area (Å²) in [5.74, 6) is 1.71. The van der Waals surface area contributed by atoms with Gasteiger partial charge in [-0.2, -0.15) is 5.10 Å². The molecule has 2 heterocycles. The molecule has 132 valence electrons. The summed E-state index contributed by atoms with van der Waals surface area (Å²) in [6, 6.07) is 10.3. The number of anilines is 1. The Hall–Kier alpha value is -2.12. The molecule has 0 bridgehead atoms. The fourth-order valence-corrected chi connectivity index (χ4v) is 3.41. The normalized spacial score (nSPS) is 11.4. The van der Waals surface area contributed by atoms with Crippen LogP contribution in [0.3, 0.4) is 0 Å². The Labute approximate surface area is 151 Å². The van der Waals surface area contributed by atoms with Crippen LogP contribution in [0.1, 0.15) is 37.4 Å². The molecular formula is C18H23N5OS. The summed E-state index contributed by atoms with van der Waals surface area (Å²) in [6.07, 6.45) is 0.663. The molecule has 0 aliphatic carbocycles. The second-order valence-electron chi connectivity index (χ2n) is 6.12. The fraction of sp³-hybridized carbons (Fsp3) is 0.389. The van der Waals surface area contributed by atoms with E-state index in [1.807, 2.05) is 18.2 Å². The van der Waals surface area contributed by atoms with Crippen LogP contribution in [0.5, 0.6) is 0 Å². The number of aliphatic hydroxyl groups excluding tert-OH is 1. The van der Waals surface area contributed by atoms with E-state index in [2.05, 4.69) is 51.5 Å². The first-order chi connectivity index (χ1) is 12.2. The Morgan fingerprint density at radius 2 is 1.96 bits per heavy atom. The Kier molecular flexibility index (Phi) is 5.88. The van der Waals surface area contributed by atoms with Crippen LogP contribution in [0.15, 0.2) is 35.4 Å². The third kappa shape index (κ3) is 4.29. The maximum absolute atomic E-state index is 8.96. The van der Waals surface area contributed by atoms with Gasteiger partial charge in [-0.25, -0.2) is 9.97 Å². The number of nitrogens with one attached hydrogen (secondary N) is 2. The number of thioether (sulfide) groups is 1. The molecule has 0 fully saturated rings. The summed E-state index contributed by atoms with van der Waals surface area (Å²) < 4.78 is 0. The fourth-order valence-electron chi connectivity index (χ4n) is 2.48. The molecule has 0 unspecified atom stereocenters. The van der Waals surface area contributed by atoms with Gasteiger partial charge in [-0.15, -0.1) is 0 Å². The molecule has 0 spiro atoms. The number of hydrogen-bond donors (Lipinski definition) is 3. The minimum absolute atomic E-state index is 0.147. The predicted molar refractivity (Wildman–Crippen MR) is 102 cm³/mol. The number of nitrogens with zero attached hydrogens (tertiary/aromatic N) is 3. The molecule has 0 radical (unpaired) electrons. The van der Waals surface area contributed by atoms with Gasteiger partial charge < -0.3 is 10.4 Å². The molecule has 7 heteroatoms. The van der Waals surface area contributed by atoms with Crippen LogP contribution in [0.25, 0.3) is 11.0 Å². The van der Waals surface area contributed by atoms with Gasteiger partial charge in [0.2, 0.25) is 5.95 Å². The van der Waals surface area contributed by atoms with Crippen molar-refractivity contribution in [1.29, 1.82) is 0 Å².